The molecule has 8 heteroatoms. The second kappa shape index (κ2) is 7.86. The van der Waals surface area contributed by atoms with Gasteiger partial charge in [0.2, 0.25) is 0 Å². The van der Waals surface area contributed by atoms with Crippen LogP contribution in [0.5, 0.6) is 0 Å². The molecule has 0 aromatic heterocycles. The summed E-state index contributed by atoms with van der Waals surface area (Å²) < 4.78 is 0. The van der Waals surface area contributed by atoms with Crippen molar-refractivity contribution >= 4 is 28.8 Å². The normalized spacial score (nSPS) is 17.1. The van der Waals surface area contributed by atoms with Crippen LogP contribution in [0, 0.1) is 24.0 Å². The number of nitro benzene ring substituents is 1. The molecule has 31 heavy (non-hydrogen) atoms. The molecule has 2 aliphatic heterocycles. The van der Waals surface area contributed by atoms with Gasteiger partial charge in [-0.05, 0) is 48.7 Å². The summed E-state index contributed by atoms with van der Waals surface area (Å²) >= 11 is 0. The van der Waals surface area contributed by atoms with Gasteiger partial charge in [0, 0.05) is 51.0 Å². The van der Waals surface area contributed by atoms with Crippen molar-refractivity contribution in [2.75, 3.05) is 38.1 Å². The van der Waals surface area contributed by atoms with Gasteiger partial charge in [-0.1, -0.05) is 12.1 Å². The summed E-state index contributed by atoms with van der Waals surface area (Å²) in [5, 5.41) is 11.0. The summed E-state index contributed by atoms with van der Waals surface area (Å²) in [6, 6.07) is 12.0. The summed E-state index contributed by atoms with van der Waals surface area (Å²) in [6.45, 7) is 6.87. The van der Waals surface area contributed by atoms with Crippen LogP contribution in [-0.4, -0.2) is 59.8 Å². The lowest BCUT2D eigenvalue weighted by Gasteiger charge is -2.38. The highest BCUT2D eigenvalue weighted by Crippen LogP contribution is 2.33. The maximum atomic E-state index is 12.9. The van der Waals surface area contributed by atoms with Crippen molar-refractivity contribution in [3.63, 3.8) is 0 Å². The molecule has 2 heterocycles. The Morgan fingerprint density at radius 1 is 0.871 bits per heavy atom. The molecule has 0 saturated carbocycles. The van der Waals surface area contributed by atoms with Gasteiger partial charge in [-0.15, -0.1) is 0 Å². The molecule has 2 aromatic carbocycles. The highest BCUT2D eigenvalue weighted by molar-refractivity contribution is 6.35. The molecule has 1 fully saturated rings. The van der Waals surface area contributed by atoms with Gasteiger partial charge in [0.15, 0.2) is 0 Å². The molecule has 2 aliphatic rings. The van der Waals surface area contributed by atoms with Crippen molar-refractivity contribution in [2.45, 2.75) is 13.8 Å². The summed E-state index contributed by atoms with van der Waals surface area (Å²) in [6.07, 6.45) is 0. The van der Waals surface area contributed by atoms with Gasteiger partial charge in [-0.25, -0.2) is 0 Å². The molecule has 160 valence electrons. The maximum absolute atomic E-state index is 12.9. The van der Waals surface area contributed by atoms with Crippen LogP contribution in [-0.2, 0) is 9.59 Å². The molecule has 8 nitrogen and oxygen atoms in total. The third-order valence-corrected chi connectivity index (χ3v) is 6.14. The van der Waals surface area contributed by atoms with Crippen LogP contribution in [0.1, 0.15) is 16.7 Å². The quantitative estimate of drug-likeness (QED) is 0.429. The number of imide groups is 1. The summed E-state index contributed by atoms with van der Waals surface area (Å²) in [5.74, 6) is -0.718. The number of carbonyl (C=O) groups is 2. The zero-order valence-electron chi connectivity index (χ0n) is 17.8. The Morgan fingerprint density at radius 2 is 1.48 bits per heavy atom. The van der Waals surface area contributed by atoms with Crippen molar-refractivity contribution < 1.29 is 14.5 Å². The predicted molar refractivity (Wildman–Crippen MR) is 117 cm³/mol. The number of carbonyl (C=O) groups excluding carboxylic acids is 2. The van der Waals surface area contributed by atoms with E-state index in [0.717, 1.165) is 18.0 Å². The molecule has 0 bridgehead atoms. The number of benzene rings is 2. The second-order valence-electron chi connectivity index (χ2n) is 7.89. The van der Waals surface area contributed by atoms with Gasteiger partial charge in [0.05, 0.1) is 10.5 Å². The zero-order valence-corrected chi connectivity index (χ0v) is 17.8. The van der Waals surface area contributed by atoms with Gasteiger partial charge in [0.25, 0.3) is 17.5 Å². The molecular weight excluding hydrogens is 396 g/mol. The fourth-order valence-electron chi connectivity index (χ4n) is 4.18. The van der Waals surface area contributed by atoms with E-state index < -0.39 is 4.92 Å². The fraction of sp³-hybridized carbons (Fsp3) is 0.304. The number of aryl methyl sites for hydroxylation is 1. The van der Waals surface area contributed by atoms with E-state index in [1.165, 1.54) is 48.1 Å². The van der Waals surface area contributed by atoms with Gasteiger partial charge in [0.1, 0.15) is 5.70 Å². The van der Waals surface area contributed by atoms with Crippen molar-refractivity contribution in [1.29, 1.82) is 0 Å². The molecule has 2 aromatic rings. The molecule has 0 aliphatic carbocycles. The minimum absolute atomic E-state index is 0.0573. The van der Waals surface area contributed by atoms with Crippen LogP contribution in [0.25, 0.3) is 5.57 Å². The van der Waals surface area contributed by atoms with E-state index in [4.69, 9.17) is 0 Å². The van der Waals surface area contributed by atoms with Crippen LogP contribution in [0.3, 0.4) is 0 Å². The molecule has 0 N–H and O–H groups in total. The van der Waals surface area contributed by atoms with Crippen LogP contribution in [0.15, 0.2) is 48.2 Å². The predicted octanol–water partition coefficient (Wildman–Crippen LogP) is 2.74. The Bertz CT molecular complexity index is 1100. The van der Waals surface area contributed by atoms with Crippen molar-refractivity contribution in [2.24, 2.45) is 0 Å². The number of nitrogens with zero attached hydrogens (tertiary/aromatic N) is 4. The lowest BCUT2D eigenvalue weighted by molar-refractivity contribution is -0.384. The van der Waals surface area contributed by atoms with Crippen molar-refractivity contribution in [1.82, 2.24) is 9.80 Å². The maximum Gasteiger partial charge on any atom is 0.277 e. The van der Waals surface area contributed by atoms with Gasteiger partial charge in [-0.2, -0.15) is 0 Å². The molecule has 0 atom stereocenters. The third kappa shape index (κ3) is 3.54. The number of anilines is 1. The summed E-state index contributed by atoms with van der Waals surface area (Å²) in [7, 11) is 1.47. The first-order valence-corrected chi connectivity index (χ1v) is 10.2. The first kappa shape index (κ1) is 20.6. The Morgan fingerprint density at radius 3 is 2.10 bits per heavy atom. The molecule has 4 rings (SSSR count). The minimum Gasteiger partial charge on any atom is -0.368 e. The van der Waals surface area contributed by atoms with E-state index >= 15 is 0 Å². The highest BCUT2D eigenvalue weighted by Gasteiger charge is 2.40. The number of amides is 2. The minimum atomic E-state index is -0.487. The van der Waals surface area contributed by atoms with Gasteiger partial charge >= 0.3 is 0 Å². The number of hydrogen-bond acceptors (Lipinski definition) is 6. The lowest BCUT2D eigenvalue weighted by atomic mass is 10.0. The smallest absolute Gasteiger partial charge is 0.277 e. The van der Waals surface area contributed by atoms with E-state index in [1.807, 2.05) is 11.0 Å². The van der Waals surface area contributed by atoms with E-state index in [1.54, 1.807) is 0 Å². The Balaban J connectivity index is 1.63. The first-order chi connectivity index (χ1) is 14.8. The fourth-order valence-corrected chi connectivity index (χ4v) is 4.18. The van der Waals surface area contributed by atoms with Crippen molar-refractivity contribution in [3.05, 3.63) is 75.0 Å². The SMILES string of the molecule is Cc1cccc(N2CCN(C3=C(c4ccc([N+](=O)[O-])cc4)C(=O)N(C)C3=O)CC2)c1C. The molecular formula is C23H24N4O4. The third-order valence-electron chi connectivity index (χ3n) is 6.14. The number of non-ortho nitro benzene ring substituents is 1. The topological polar surface area (TPSA) is 87.0 Å². The Kier molecular flexibility index (Phi) is 5.22. The lowest BCUT2D eigenvalue weighted by Crippen LogP contribution is -2.47. The summed E-state index contributed by atoms with van der Waals surface area (Å²) in [5.41, 5.74) is 4.81. The largest absolute Gasteiger partial charge is 0.368 e. The van der Waals surface area contributed by atoms with E-state index in [-0.39, 0.29) is 17.5 Å². The molecule has 2 amide bonds. The number of hydrogen-bond donors (Lipinski definition) is 0. The average Bonchev–Trinajstić information content (AvgIpc) is 3.00. The number of nitro groups is 1. The Labute approximate surface area is 180 Å². The monoisotopic (exact) mass is 420 g/mol. The van der Waals surface area contributed by atoms with Gasteiger partial charge in [-0.3, -0.25) is 24.6 Å². The highest BCUT2D eigenvalue weighted by atomic mass is 16.6. The number of rotatable bonds is 4. The van der Waals surface area contributed by atoms with E-state index in [9.17, 15) is 19.7 Å². The zero-order chi connectivity index (χ0) is 22.3. The van der Waals surface area contributed by atoms with Gasteiger partial charge < -0.3 is 9.80 Å². The van der Waals surface area contributed by atoms with Crippen LogP contribution < -0.4 is 4.90 Å². The second-order valence-corrected chi connectivity index (χ2v) is 7.89. The Hall–Kier alpha value is -3.68. The van der Waals surface area contributed by atoms with E-state index in [2.05, 4.69) is 30.9 Å². The molecule has 0 spiro atoms. The van der Waals surface area contributed by atoms with E-state index in [0.29, 0.717) is 29.9 Å². The average molecular weight is 420 g/mol. The van der Waals surface area contributed by atoms with Crippen LogP contribution in [0.4, 0.5) is 11.4 Å². The van der Waals surface area contributed by atoms with Crippen molar-refractivity contribution in [3.8, 4) is 0 Å². The standard InChI is InChI=1S/C23H24N4O4/c1-15-5-4-6-19(16(15)2)25-11-13-26(14-12-25)21-20(22(28)24(3)23(21)29)17-7-9-18(10-8-17)27(30)31/h4-10H,11-14H2,1-3H3. The molecule has 0 unspecified atom stereocenters. The number of piperazine rings is 1. The molecule has 1 saturated heterocycles. The molecule has 0 radical (unpaired) electrons. The summed E-state index contributed by atoms with van der Waals surface area (Å²) in [4.78, 5) is 41.6. The first-order valence-electron chi connectivity index (χ1n) is 10.2. The number of likely N-dealkylation sites (N-methyl/N-ethyl adjacent to an activating group) is 1. The van der Waals surface area contributed by atoms with Crippen LogP contribution >= 0.6 is 0 Å². The van der Waals surface area contributed by atoms with Crippen LogP contribution in [0.2, 0.25) is 0 Å².